The monoisotopic (exact) mass is 425 g/mol. The fraction of sp³-hybridized carbons (Fsp3) is 0.0741. The van der Waals surface area contributed by atoms with Crippen LogP contribution in [0.5, 0.6) is 11.5 Å². The molecule has 0 amide bonds. The minimum atomic E-state index is 0.406. The molecule has 0 spiro atoms. The van der Waals surface area contributed by atoms with Crippen molar-refractivity contribution < 1.29 is 9.47 Å². The third kappa shape index (κ3) is 4.88. The van der Waals surface area contributed by atoms with Gasteiger partial charge in [-0.15, -0.1) is 0 Å². The molecule has 4 aromatic carbocycles. The van der Waals surface area contributed by atoms with Gasteiger partial charge in [0.05, 0.1) is 18.8 Å². The standard InChI is InChI=1S/C27H20ClNO2/c1-30-27-15-20(8-13-26(27)31-18-19-6-11-25(28)12-7-19)14-24(17-29)23-10-9-21-4-2-3-5-22(21)16-23/h2-16H,18H2,1H3/b24-14-. The maximum atomic E-state index is 9.74. The molecule has 31 heavy (non-hydrogen) atoms. The van der Waals surface area contributed by atoms with Gasteiger partial charge in [-0.2, -0.15) is 5.26 Å². The summed E-state index contributed by atoms with van der Waals surface area (Å²) in [5, 5.41) is 12.7. The van der Waals surface area contributed by atoms with Crippen molar-refractivity contribution in [1.82, 2.24) is 0 Å². The van der Waals surface area contributed by atoms with E-state index >= 15 is 0 Å². The molecule has 4 heteroatoms. The molecule has 0 unspecified atom stereocenters. The van der Waals surface area contributed by atoms with E-state index < -0.39 is 0 Å². The molecule has 0 aliphatic rings. The highest BCUT2D eigenvalue weighted by Crippen LogP contribution is 2.31. The average molecular weight is 426 g/mol. The van der Waals surface area contributed by atoms with Crippen LogP contribution in [0.2, 0.25) is 5.02 Å². The van der Waals surface area contributed by atoms with E-state index in [1.807, 2.05) is 84.9 Å². The van der Waals surface area contributed by atoms with Crippen LogP contribution in [-0.2, 0) is 6.61 Å². The molecule has 0 aliphatic heterocycles. The zero-order chi connectivity index (χ0) is 21.6. The lowest BCUT2D eigenvalue weighted by Gasteiger charge is -2.12. The van der Waals surface area contributed by atoms with Gasteiger partial charge < -0.3 is 9.47 Å². The summed E-state index contributed by atoms with van der Waals surface area (Å²) in [4.78, 5) is 0. The molecule has 0 N–H and O–H groups in total. The molecule has 0 aromatic heterocycles. The summed E-state index contributed by atoms with van der Waals surface area (Å²) in [6.07, 6.45) is 1.86. The molecular formula is C27H20ClNO2. The second-order valence-electron chi connectivity index (χ2n) is 7.06. The van der Waals surface area contributed by atoms with Gasteiger partial charge in [0.1, 0.15) is 6.61 Å². The van der Waals surface area contributed by atoms with Gasteiger partial charge >= 0.3 is 0 Å². The number of benzene rings is 4. The Morgan fingerprint density at radius 2 is 1.68 bits per heavy atom. The summed E-state index contributed by atoms with van der Waals surface area (Å²) in [5.74, 6) is 1.25. The van der Waals surface area contributed by atoms with Gasteiger partial charge in [0.25, 0.3) is 0 Å². The number of ether oxygens (including phenoxy) is 2. The summed E-state index contributed by atoms with van der Waals surface area (Å²) in [7, 11) is 1.60. The third-order valence-corrected chi connectivity index (χ3v) is 5.24. The van der Waals surface area contributed by atoms with Gasteiger partial charge in [-0.05, 0) is 63.9 Å². The molecule has 0 saturated carbocycles. The number of hydrogen-bond acceptors (Lipinski definition) is 3. The Morgan fingerprint density at radius 3 is 2.42 bits per heavy atom. The van der Waals surface area contributed by atoms with Crippen LogP contribution in [0.15, 0.2) is 84.9 Å². The van der Waals surface area contributed by atoms with Gasteiger partial charge in [-0.25, -0.2) is 0 Å². The van der Waals surface area contributed by atoms with Crippen LogP contribution < -0.4 is 9.47 Å². The van der Waals surface area contributed by atoms with E-state index in [1.165, 1.54) is 0 Å². The molecular weight excluding hydrogens is 406 g/mol. The zero-order valence-corrected chi connectivity index (χ0v) is 17.8. The number of nitrogens with zero attached hydrogens (tertiary/aromatic N) is 1. The van der Waals surface area contributed by atoms with Crippen molar-refractivity contribution in [2.45, 2.75) is 6.61 Å². The van der Waals surface area contributed by atoms with Gasteiger partial charge in [-0.1, -0.05) is 66.2 Å². The molecule has 0 atom stereocenters. The first-order valence-electron chi connectivity index (χ1n) is 9.82. The highest BCUT2D eigenvalue weighted by Gasteiger charge is 2.08. The first-order valence-corrected chi connectivity index (χ1v) is 10.2. The number of halogens is 1. The number of methoxy groups -OCH3 is 1. The van der Waals surface area contributed by atoms with Crippen LogP contribution in [0.1, 0.15) is 16.7 Å². The molecule has 4 aromatic rings. The molecule has 152 valence electrons. The first kappa shape index (κ1) is 20.5. The molecule has 0 bridgehead atoms. The topological polar surface area (TPSA) is 42.2 Å². The lowest BCUT2D eigenvalue weighted by molar-refractivity contribution is 0.284. The molecule has 0 fully saturated rings. The number of fused-ring (bicyclic) bond motifs is 1. The second-order valence-corrected chi connectivity index (χ2v) is 7.49. The normalized spacial score (nSPS) is 11.2. The largest absolute Gasteiger partial charge is 0.493 e. The Bertz CT molecular complexity index is 1290. The van der Waals surface area contributed by atoms with E-state index in [4.69, 9.17) is 21.1 Å². The van der Waals surface area contributed by atoms with Crippen LogP contribution in [0.25, 0.3) is 22.4 Å². The van der Waals surface area contributed by atoms with E-state index in [1.54, 1.807) is 7.11 Å². The summed E-state index contributed by atoms with van der Waals surface area (Å²) < 4.78 is 11.4. The van der Waals surface area contributed by atoms with Crippen molar-refractivity contribution in [2.75, 3.05) is 7.11 Å². The Kier molecular flexibility index (Phi) is 6.21. The van der Waals surface area contributed by atoms with Crippen molar-refractivity contribution in [3.05, 3.63) is 107 Å². The molecule has 3 nitrogen and oxygen atoms in total. The number of hydrogen-bond donors (Lipinski definition) is 0. The molecule has 0 radical (unpaired) electrons. The van der Waals surface area contributed by atoms with Crippen molar-refractivity contribution in [1.29, 1.82) is 5.26 Å². The number of rotatable bonds is 6. The van der Waals surface area contributed by atoms with Crippen molar-refractivity contribution in [3.63, 3.8) is 0 Å². The van der Waals surface area contributed by atoms with Crippen LogP contribution >= 0.6 is 11.6 Å². The summed E-state index contributed by atoms with van der Waals surface area (Å²) >= 11 is 5.93. The fourth-order valence-corrected chi connectivity index (χ4v) is 3.46. The quantitative estimate of drug-likeness (QED) is 0.243. The molecule has 0 aliphatic carbocycles. The lowest BCUT2D eigenvalue weighted by atomic mass is 10.00. The van der Waals surface area contributed by atoms with E-state index in [0.717, 1.165) is 27.5 Å². The SMILES string of the molecule is COc1cc(/C=C(/C#N)c2ccc3ccccc3c2)ccc1OCc1ccc(Cl)cc1. The minimum absolute atomic E-state index is 0.406. The Morgan fingerprint density at radius 1 is 0.903 bits per heavy atom. The zero-order valence-electron chi connectivity index (χ0n) is 17.0. The maximum Gasteiger partial charge on any atom is 0.161 e. The Hall–Kier alpha value is -3.74. The lowest BCUT2D eigenvalue weighted by Crippen LogP contribution is -1.98. The first-order chi connectivity index (χ1) is 15.2. The average Bonchev–Trinajstić information content (AvgIpc) is 2.82. The van der Waals surface area contributed by atoms with Gasteiger partial charge in [0.2, 0.25) is 0 Å². The predicted octanol–water partition coefficient (Wildman–Crippen LogP) is 7.14. The van der Waals surface area contributed by atoms with Gasteiger partial charge in [-0.3, -0.25) is 0 Å². The molecule has 0 heterocycles. The van der Waals surface area contributed by atoms with Crippen molar-refractivity contribution >= 4 is 34.0 Å². The van der Waals surface area contributed by atoms with Crippen LogP contribution in [-0.4, -0.2) is 7.11 Å². The Labute approximate surface area is 186 Å². The van der Waals surface area contributed by atoms with Crippen LogP contribution in [0.4, 0.5) is 0 Å². The predicted molar refractivity (Wildman–Crippen MR) is 126 cm³/mol. The van der Waals surface area contributed by atoms with Gasteiger partial charge in [0.15, 0.2) is 11.5 Å². The highest BCUT2D eigenvalue weighted by atomic mass is 35.5. The van der Waals surface area contributed by atoms with Crippen LogP contribution in [0, 0.1) is 11.3 Å². The Balaban J connectivity index is 1.58. The molecule has 0 saturated heterocycles. The summed E-state index contributed by atoms with van der Waals surface area (Å²) in [5.41, 5.74) is 3.34. The van der Waals surface area contributed by atoms with E-state index in [2.05, 4.69) is 12.1 Å². The smallest absolute Gasteiger partial charge is 0.161 e. The third-order valence-electron chi connectivity index (χ3n) is 4.99. The van der Waals surface area contributed by atoms with E-state index in [-0.39, 0.29) is 0 Å². The molecule has 4 rings (SSSR count). The summed E-state index contributed by atoms with van der Waals surface area (Å²) in [6, 6.07) is 29.6. The van der Waals surface area contributed by atoms with Crippen LogP contribution in [0.3, 0.4) is 0 Å². The fourth-order valence-electron chi connectivity index (χ4n) is 3.34. The maximum absolute atomic E-state index is 9.74. The van der Waals surface area contributed by atoms with Crippen molar-refractivity contribution in [3.8, 4) is 17.6 Å². The number of allylic oxidation sites excluding steroid dienone is 1. The van der Waals surface area contributed by atoms with Gasteiger partial charge in [0, 0.05) is 5.02 Å². The number of nitriles is 1. The van der Waals surface area contributed by atoms with Crippen molar-refractivity contribution in [2.24, 2.45) is 0 Å². The van der Waals surface area contributed by atoms with E-state index in [9.17, 15) is 5.26 Å². The summed E-state index contributed by atoms with van der Waals surface area (Å²) in [6.45, 7) is 0.406. The minimum Gasteiger partial charge on any atom is -0.493 e. The van der Waals surface area contributed by atoms with E-state index in [0.29, 0.717) is 28.7 Å². The second kappa shape index (κ2) is 9.38. The highest BCUT2D eigenvalue weighted by molar-refractivity contribution is 6.30.